The van der Waals surface area contributed by atoms with Crippen LogP contribution in [0.4, 0.5) is 11.4 Å². The number of hydrogen-bond donors (Lipinski definition) is 2. The molecule has 5 nitrogen and oxygen atoms in total. The summed E-state index contributed by atoms with van der Waals surface area (Å²) in [5, 5.41) is 6.93. The van der Waals surface area contributed by atoms with Crippen molar-refractivity contribution in [1.82, 2.24) is 4.98 Å². The number of thiophene rings is 1. The van der Waals surface area contributed by atoms with Crippen LogP contribution in [0.3, 0.4) is 0 Å². The number of amides is 2. The summed E-state index contributed by atoms with van der Waals surface area (Å²) >= 11 is 7.72. The van der Waals surface area contributed by atoms with E-state index in [-0.39, 0.29) is 11.8 Å². The first-order chi connectivity index (χ1) is 13.6. The molecule has 0 aliphatic carbocycles. The molecule has 7 heteroatoms. The van der Waals surface area contributed by atoms with Gasteiger partial charge in [0.15, 0.2) is 0 Å². The van der Waals surface area contributed by atoms with Crippen molar-refractivity contribution in [1.29, 1.82) is 0 Å². The summed E-state index contributed by atoms with van der Waals surface area (Å²) in [5.74, 6) is -0.564. The Kier molecular flexibility index (Phi) is 5.06. The molecule has 0 saturated heterocycles. The number of aromatic nitrogens is 1. The van der Waals surface area contributed by atoms with Crippen molar-refractivity contribution in [2.24, 2.45) is 0 Å². The van der Waals surface area contributed by atoms with Crippen LogP contribution in [0.2, 0.25) is 5.02 Å². The molecule has 2 N–H and O–H groups in total. The minimum absolute atomic E-state index is 0.274. The van der Waals surface area contributed by atoms with Crippen LogP contribution in [0.25, 0.3) is 10.1 Å². The number of halogens is 1. The number of anilines is 2. The average molecular weight is 408 g/mol. The maximum atomic E-state index is 12.7. The highest BCUT2D eigenvalue weighted by Gasteiger charge is 2.17. The van der Waals surface area contributed by atoms with Gasteiger partial charge in [-0.05, 0) is 36.4 Å². The first-order valence-electron chi connectivity index (χ1n) is 8.41. The molecule has 2 aromatic carbocycles. The smallest absolute Gasteiger partial charge is 0.267 e. The molecule has 0 aliphatic heterocycles. The molecule has 0 fully saturated rings. The fourth-order valence-electron chi connectivity index (χ4n) is 2.72. The third-order valence-electron chi connectivity index (χ3n) is 4.04. The molecule has 28 heavy (non-hydrogen) atoms. The fraction of sp³-hybridized carbons (Fsp3) is 0. The Labute approximate surface area is 170 Å². The van der Waals surface area contributed by atoms with Crippen LogP contribution in [-0.2, 0) is 0 Å². The second-order valence-electron chi connectivity index (χ2n) is 5.97. The van der Waals surface area contributed by atoms with E-state index in [2.05, 4.69) is 15.6 Å². The highest BCUT2D eigenvalue weighted by atomic mass is 35.5. The predicted molar refractivity (Wildman–Crippen MR) is 113 cm³/mol. The number of hydrogen-bond acceptors (Lipinski definition) is 4. The molecule has 2 amide bonds. The molecule has 4 rings (SSSR count). The highest BCUT2D eigenvalue weighted by Crippen LogP contribution is 2.35. The molecule has 2 aromatic heterocycles. The van der Waals surface area contributed by atoms with Gasteiger partial charge in [0.1, 0.15) is 4.88 Å². The zero-order valence-electron chi connectivity index (χ0n) is 14.5. The number of pyridine rings is 1. The van der Waals surface area contributed by atoms with Crippen LogP contribution < -0.4 is 10.6 Å². The first-order valence-corrected chi connectivity index (χ1v) is 9.61. The van der Waals surface area contributed by atoms with Crippen molar-refractivity contribution in [3.05, 3.63) is 88.5 Å². The summed E-state index contributed by atoms with van der Waals surface area (Å²) in [6.07, 6.45) is 3.09. The van der Waals surface area contributed by atoms with Crippen molar-refractivity contribution in [2.75, 3.05) is 10.6 Å². The molecule has 2 heterocycles. The molecule has 0 atom stereocenters. The second kappa shape index (κ2) is 7.80. The third-order valence-corrected chi connectivity index (χ3v) is 5.72. The van der Waals surface area contributed by atoms with Crippen molar-refractivity contribution in [2.45, 2.75) is 0 Å². The van der Waals surface area contributed by atoms with Crippen molar-refractivity contribution < 1.29 is 9.59 Å². The van der Waals surface area contributed by atoms with Gasteiger partial charge < -0.3 is 10.6 Å². The van der Waals surface area contributed by atoms with Crippen LogP contribution in [0, 0.1) is 0 Å². The Balaban J connectivity index is 1.52. The Morgan fingerprint density at radius 3 is 2.36 bits per heavy atom. The Morgan fingerprint density at radius 1 is 0.893 bits per heavy atom. The van der Waals surface area contributed by atoms with Gasteiger partial charge in [0, 0.05) is 33.9 Å². The van der Waals surface area contributed by atoms with Crippen molar-refractivity contribution >= 4 is 56.2 Å². The predicted octanol–water partition coefficient (Wildman–Crippen LogP) is 5.45. The molecular formula is C21H14ClN3O2S. The number of nitrogens with zero attached hydrogens (tertiary/aromatic N) is 1. The zero-order valence-corrected chi connectivity index (χ0v) is 16.1. The Hall–Kier alpha value is -3.22. The number of nitrogens with one attached hydrogen (secondary N) is 2. The maximum Gasteiger partial charge on any atom is 0.267 e. The van der Waals surface area contributed by atoms with Crippen LogP contribution in [-0.4, -0.2) is 16.8 Å². The summed E-state index contributed by atoms with van der Waals surface area (Å²) in [6, 6.07) is 17.9. The van der Waals surface area contributed by atoms with E-state index in [0.29, 0.717) is 26.8 Å². The summed E-state index contributed by atoms with van der Waals surface area (Å²) in [5.41, 5.74) is 1.57. The zero-order chi connectivity index (χ0) is 19.5. The lowest BCUT2D eigenvalue weighted by Gasteiger charge is -2.08. The van der Waals surface area contributed by atoms with Gasteiger partial charge >= 0.3 is 0 Å². The van der Waals surface area contributed by atoms with Crippen LogP contribution in [0.5, 0.6) is 0 Å². The molecule has 0 aliphatic rings. The first kappa shape index (κ1) is 18.2. The van der Waals surface area contributed by atoms with Crippen LogP contribution in [0.1, 0.15) is 20.0 Å². The van der Waals surface area contributed by atoms with Gasteiger partial charge in [-0.1, -0.05) is 35.9 Å². The maximum absolute atomic E-state index is 12.7. The summed E-state index contributed by atoms with van der Waals surface area (Å²) < 4.78 is 0.954. The molecule has 0 spiro atoms. The SMILES string of the molecule is O=C(Nc1cccc(NC(=O)c2sc3ccccc3c2Cl)c1)c1cccnc1. The quantitative estimate of drug-likeness (QED) is 0.472. The number of rotatable bonds is 4. The molecule has 4 aromatic rings. The molecule has 0 bridgehead atoms. The van der Waals surface area contributed by atoms with Gasteiger partial charge in [-0.2, -0.15) is 0 Å². The molecule has 138 valence electrons. The summed E-state index contributed by atoms with van der Waals surface area (Å²) in [7, 11) is 0. The Morgan fingerprint density at radius 2 is 1.64 bits per heavy atom. The summed E-state index contributed by atoms with van der Waals surface area (Å²) in [6.45, 7) is 0. The molecule has 0 unspecified atom stereocenters. The second-order valence-corrected chi connectivity index (χ2v) is 7.40. The lowest BCUT2D eigenvalue weighted by atomic mass is 10.2. The van der Waals surface area contributed by atoms with Gasteiger partial charge in [0.05, 0.1) is 10.6 Å². The van der Waals surface area contributed by atoms with Gasteiger partial charge in [-0.15, -0.1) is 11.3 Å². The van der Waals surface area contributed by atoms with E-state index in [1.807, 2.05) is 24.3 Å². The lowest BCUT2D eigenvalue weighted by Crippen LogP contribution is -2.13. The number of fused-ring (bicyclic) bond motifs is 1. The van der Waals surface area contributed by atoms with Gasteiger partial charge in [0.2, 0.25) is 0 Å². The highest BCUT2D eigenvalue weighted by molar-refractivity contribution is 7.21. The molecular weight excluding hydrogens is 394 g/mol. The number of carbonyl (C=O) groups is 2. The monoisotopic (exact) mass is 407 g/mol. The van der Waals surface area contributed by atoms with Crippen LogP contribution >= 0.6 is 22.9 Å². The van der Waals surface area contributed by atoms with E-state index in [9.17, 15) is 9.59 Å². The van der Waals surface area contributed by atoms with E-state index in [1.165, 1.54) is 17.5 Å². The largest absolute Gasteiger partial charge is 0.322 e. The van der Waals surface area contributed by atoms with Crippen molar-refractivity contribution in [3.8, 4) is 0 Å². The number of benzene rings is 2. The van der Waals surface area contributed by atoms with E-state index >= 15 is 0 Å². The third kappa shape index (κ3) is 3.74. The summed E-state index contributed by atoms with van der Waals surface area (Å²) in [4.78, 5) is 29.3. The standard InChI is InChI=1S/C21H14ClN3O2S/c22-18-16-8-1-2-9-17(16)28-19(18)21(27)25-15-7-3-6-14(11-15)24-20(26)13-5-4-10-23-12-13/h1-12H,(H,24,26)(H,25,27). The lowest BCUT2D eigenvalue weighted by molar-refractivity contribution is 0.102. The van der Waals surface area contributed by atoms with Crippen LogP contribution in [0.15, 0.2) is 73.1 Å². The van der Waals surface area contributed by atoms with Crippen molar-refractivity contribution in [3.63, 3.8) is 0 Å². The number of carbonyl (C=O) groups excluding carboxylic acids is 2. The van der Waals surface area contributed by atoms with E-state index < -0.39 is 0 Å². The van der Waals surface area contributed by atoms with E-state index in [4.69, 9.17) is 11.6 Å². The molecule has 0 saturated carbocycles. The van der Waals surface area contributed by atoms with Gasteiger partial charge in [0.25, 0.3) is 11.8 Å². The van der Waals surface area contributed by atoms with E-state index in [1.54, 1.807) is 42.6 Å². The topological polar surface area (TPSA) is 71.1 Å². The van der Waals surface area contributed by atoms with Gasteiger partial charge in [-0.3, -0.25) is 14.6 Å². The molecule has 0 radical (unpaired) electrons. The van der Waals surface area contributed by atoms with E-state index in [0.717, 1.165) is 10.1 Å². The van der Waals surface area contributed by atoms with Gasteiger partial charge in [-0.25, -0.2) is 0 Å². The normalized spacial score (nSPS) is 10.6. The average Bonchev–Trinajstić information content (AvgIpc) is 3.06. The minimum atomic E-state index is -0.290. The fourth-order valence-corrected chi connectivity index (χ4v) is 4.14. The minimum Gasteiger partial charge on any atom is -0.322 e. The Bertz CT molecular complexity index is 1170.